The minimum absolute atomic E-state index is 0.0769. The fourth-order valence-electron chi connectivity index (χ4n) is 2.95. The summed E-state index contributed by atoms with van der Waals surface area (Å²) in [6.07, 6.45) is 1.50. The summed E-state index contributed by atoms with van der Waals surface area (Å²) in [7, 11) is 0. The van der Waals surface area contributed by atoms with E-state index >= 15 is 0 Å². The standard InChI is InChI=1S/C16H21N3O2/c1-10-6-14(10)19-9-13(7-15(19)20)18-16(21)12-4-2-11(8-17)3-5-12/h2-5,10,13-14H,6-9,17H2,1H3,(H,18,21)/t10-,13+,14-/m1/s1. The van der Waals surface area contributed by atoms with Crippen LogP contribution in [0.2, 0.25) is 0 Å². The molecule has 2 aliphatic rings. The van der Waals surface area contributed by atoms with Crippen molar-refractivity contribution in [2.45, 2.75) is 38.4 Å². The van der Waals surface area contributed by atoms with E-state index in [0.29, 0.717) is 37.0 Å². The third kappa shape index (κ3) is 2.93. The molecule has 1 heterocycles. The molecule has 0 spiro atoms. The number of nitrogens with zero attached hydrogens (tertiary/aromatic N) is 1. The first-order valence-corrected chi connectivity index (χ1v) is 7.48. The third-order valence-corrected chi connectivity index (χ3v) is 4.41. The number of likely N-dealkylation sites (tertiary alicyclic amines) is 1. The Balaban J connectivity index is 1.58. The van der Waals surface area contributed by atoms with Crippen molar-refractivity contribution in [3.05, 3.63) is 35.4 Å². The average Bonchev–Trinajstić information content (AvgIpc) is 3.09. The summed E-state index contributed by atoms with van der Waals surface area (Å²) < 4.78 is 0. The van der Waals surface area contributed by atoms with Crippen LogP contribution in [0.4, 0.5) is 0 Å². The Morgan fingerprint density at radius 1 is 1.38 bits per heavy atom. The molecule has 1 aromatic rings. The van der Waals surface area contributed by atoms with Crippen LogP contribution in [0.1, 0.15) is 35.7 Å². The van der Waals surface area contributed by atoms with Crippen LogP contribution in [0.5, 0.6) is 0 Å². The van der Waals surface area contributed by atoms with Crippen molar-refractivity contribution in [3.63, 3.8) is 0 Å². The Morgan fingerprint density at radius 2 is 2.05 bits per heavy atom. The second-order valence-corrected chi connectivity index (χ2v) is 6.10. The molecule has 1 saturated carbocycles. The molecule has 1 aliphatic heterocycles. The molecule has 2 fully saturated rings. The maximum absolute atomic E-state index is 12.2. The summed E-state index contributed by atoms with van der Waals surface area (Å²) in [5, 5.41) is 2.96. The Kier molecular flexibility index (Phi) is 3.68. The zero-order valence-electron chi connectivity index (χ0n) is 12.2. The van der Waals surface area contributed by atoms with E-state index in [1.54, 1.807) is 12.1 Å². The Hall–Kier alpha value is -1.88. The predicted octanol–water partition coefficient (Wildman–Crippen LogP) is 0.884. The highest BCUT2D eigenvalue weighted by atomic mass is 16.2. The average molecular weight is 287 g/mol. The lowest BCUT2D eigenvalue weighted by Crippen LogP contribution is -2.37. The fourth-order valence-corrected chi connectivity index (χ4v) is 2.95. The monoisotopic (exact) mass is 287 g/mol. The molecule has 21 heavy (non-hydrogen) atoms. The molecule has 5 nitrogen and oxygen atoms in total. The molecule has 0 aromatic heterocycles. The number of carbonyl (C=O) groups excluding carboxylic acids is 2. The lowest BCUT2D eigenvalue weighted by molar-refractivity contribution is -0.128. The molecular formula is C16H21N3O2. The molecule has 0 unspecified atom stereocenters. The second kappa shape index (κ2) is 5.48. The van der Waals surface area contributed by atoms with Gasteiger partial charge < -0.3 is 16.0 Å². The minimum atomic E-state index is -0.123. The van der Waals surface area contributed by atoms with E-state index in [4.69, 9.17) is 5.73 Å². The first kappa shape index (κ1) is 14.1. The van der Waals surface area contributed by atoms with Crippen LogP contribution in [-0.2, 0) is 11.3 Å². The quantitative estimate of drug-likeness (QED) is 0.863. The number of benzene rings is 1. The smallest absolute Gasteiger partial charge is 0.251 e. The molecule has 2 amide bonds. The number of rotatable bonds is 4. The number of nitrogens with one attached hydrogen (secondary N) is 1. The fraction of sp³-hybridized carbons (Fsp3) is 0.500. The van der Waals surface area contributed by atoms with Gasteiger partial charge in [-0.3, -0.25) is 9.59 Å². The SMILES string of the molecule is C[C@@H]1C[C@H]1N1C[C@@H](NC(=O)c2ccc(CN)cc2)CC1=O. The summed E-state index contributed by atoms with van der Waals surface area (Å²) in [4.78, 5) is 26.1. The van der Waals surface area contributed by atoms with Crippen LogP contribution >= 0.6 is 0 Å². The van der Waals surface area contributed by atoms with E-state index in [-0.39, 0.29) is 17.9 Å². The van der Waals surface area contributed by atoms with Gasteiger partial charge in [0.25, 0.3) is 5.91 Å². The molecule has 3 atom stereocenters. The van der Waals surface area contributed by atoms with E-state index in [0.717, 1.165) is 12.0 Å². The van der Waals surface area contributed by atoms with Crippen molar-refractivity contribution in [1.82, 2.24) is 10.2 Å². The number of nitrogens with two attached hydrogens (primary N) is 1. The zero-order chi connectivity index (χ0) is 15.0. The van der Waals surface area contributed by atoms with Gasteiger partial charge >= 0.3 is 0 Å². The van der Waals surface area contributed by atoms with Crippen molar-refractivity contribution in [2.75, 3.05) is 6.54 Å². The van der Waals surface area contributed by atoms with E-state index in [1.165, 1.54) is 0 Å². The largest absolute Gasteiger partial charge is 0.347 e. The number of amides is 2. The first-order chi connectivity index (χ1) is 10.1. The summed E-state index contributed by atoms with van der Waals surface area (Å²) in [5.41, 5.74) is 7.15. The molecule has 0 radical (unpaired) electrons. The first-order valence-electron chi connectivity index (χ1n) is 7.48. The van der Waals surface area contributed by atoms with Gasteiger partial charge in [-0.2, -0.15) is 0 Å². The number of hydrogen-bond donors (Lipinski definition) is 2. The summed E-state index contributed by atoms with van der Waals surface area (Å²) in [5.74, 6) is 0.641. The molecule has 1 aliphatic carbocycles. The molecule has 3 rings (SSSR count). The molecule has 5 heteroatoms. The van der Waals surface area contributed by atoms with Gasteiger partial charge in [0.15, 0.2) is 0 Å². The molecule has 3 N–H and O–H groups in total. The van der Waals surface area contributed by atoms with Gasteiger partial charge in [0.2, 0.25) is 5.91 Å². The van der Waals surface area contributed by atoms with Crippen LogP contribution < -0.4 is 11.1 Å². The predicted molar refractivity (Wildman–Crippen MR) is 79.5 cm³/mol. The molecular weight excluding hydrogens is 266 g/mol. The van der Waals surface area contributed by atoms with Crippen molar-refractivity contribution in [3.8, 4) is 0 Å². The molecule has 1 saturated heterocycles. The Labute approximate surface area is 124 Å². The normalized spacial score (nSPS) is 27.8. The van der Waals surface area contributed by atoms with Gasteiger partial charge in [-0.15, -0.1) is 0 Å². The van der Waals surface area contributed by atoms with Gasteiger partial charge in [-0.1, -0.05) is 19.1 Å². The van der Waals surface area contributed by atoms with Gasteiger partial charge in [-0.05, 0) is 30.0 Å². The molecule has 1 aromatic carbocycles. The van der Waals surface area contributed by atoms with Gasteiger partial charge in [-0.25, -0.2) is 0 Å². The van der Waals surface area contributed by atoms with Crippen LogP contribution in [-0.4, -0.2) is 35.3 Å². The number of hydrogen-bond acceptors (Lipinski definition) is 3. The topological polar surface area (TPSA) is 75.4 Å². The van der Waals surface area contributed by atoms with Gasteiger partial charge in [0.1, 0.15) is 0 Å². The van der Waals surface area contributed by atoms with E-state index < -0.39 is 0 Å². The Morgan fingerprint density at radius 3 is 2.62 bits per heavy atom. The Bertz CT molecular complexity index is 555. The molecule has 0 bridgehead atoms. The summed E-state index contributed by atoms with van der Waals surface area (Å²) in [6, 6.07) is 7.57. The second-order valence-electron chi connectivity index (χ2n) is 6.10. The highest BCUT2D eigenvalue weighted by Crippen LogP contribution is 2.37. The van der Waals surface area contributed by atoms with Crippen LogP contribution in [0.25, 0.3) is 0 Å². The minimum Gasteiger partial charge on any atom is -0.347 e. The van der Waals surface area contributed by atoms with E-state index in [9.17, 15) is 9.59 Å². The van der Waals surface area contributed by atoms with Crippen LogP contribution in [0, 0.1) is 5.92 Å². The summed E-state index contributed by atoms with van der Waals surface area (Å²) >= 11 is 0. The highest BCUT2D eigenvalue weighted by Gasteiger charge is 2.44. The maximum Gasteiger partial charge on any atom is 0.251 e. The van der Waals surface area contributed by atoms with Crippen molar-refractivity contribution < 1.29 is 9.59 Å². The lowest BCUT2D eigenvalue weighted by Gasteiger charge is -2.17. The van der Waals surface area contributed by atoms with E-state index in [2.05, 4.69) is 12.2 Å². The van der Waals surface area contributed by atoms with E-state index in [1.807, 2.05) is 17.0 Å². The van der Waals surface area contributed by atoms with Crippen LogP contribution in [0.15, 0.2) is 24.3 Å². The van der Waals surface area contributed by atoms with Gasteiger partial charge in [0.05, 0.1) is 6.04 Å². The molecule has 112 valence electrons. The van der Waals surface area contributed by atoms with Crippen molar-refractivity contribution in [2.24, 2.45) is 11.7 Å². The maximum atomic E-state index is 12.2. The van der Waals surface area contributed by atoms with Crippen LogP contribution in [0.3, 0.4) is 0 Å². The van der Waals surface area contributed by atoms with Crippen molar-refractivity contribution in [1.29, 1.82) is 0 Å². The lowest BCUT2D eigenvalue weighted by atomic mass is 10.1. The van der Waals surface area contributed by atoms with Crippen molar-refractivity contribution >= 4 is 11.8 Å². The number of carbonyl (C=O) groups is 2. The highest BCUT2D eigenvalue weighted by molar-refractivity contribution is 5.95. The van der Waals surface area contributed by atoms with Gasteiger partial charge in [0, 0.05) is 31.1 Å². The third-order valence-electron chi connectivity index (χ3n) is 4.41. The zero-order valence-corrected chi connectivity index (χ0v) is 12.2. The summed E-state index contributed by atoms with van der Waals surface area (Å²) in [6.45, 7) is 3.26.